The number of carboxylic acid groups (broad SMARTS) is 1. The lowest BCUT2D eigenvalue weighted by atomic mass is 10.0. The highest BCUT2D eigenvalue weighted by molar-refractivity contribution is 5.85. The molecule has 1 aliphatic rings. The summed E-state index contributed by atoms with van der Waals surface area (Å²) in [6.45, 7) is 6.93. The smallest absolute Gasteiger partial charge is 0.329 e. The normalized spacial score (nSPS) is 15.0. The minimum Gasteiger partial charge on any atom is -0.480 e. The van der Waals surface area contributed by atoms with Crippen LogP contribution >= 0.6 is 0 Å². The van der Waals surface area contributed by atoms with Gasteiger partial charge in [0.2, 0.25) is 0 Å². The molecule has 1 N–H and O–H groups in total. The van der Waals surface area contributed by atoms with Crippen molar-refractivity contribution in [1.82, 2.24) is 9.80 Å². The first-order chi connectivity index (χ1) is 9.30. The van der Waals surface area contributed by atoms with E-state index in [9.17, 15) is 14.7 Å². The number of aliphatic carboxylic acids is 1. The molecule has 116 valence electrons. The standard InChI is InChI=1S/C14H26N2O4/c1-5-16(14(2,3)12(17)18)13(19)15(4)8-9-20-10-11-6-7-11/h11H,5-10H2,1-4H3,(H,17,18). The Morgan fingerprint density at radius 2 is 1.95 bits per heavy atom. The Labute approximate surface area is 120 Å². The molecule has 0 bridgehead atoms. The zero-order chi connectivity index (χ0) is 15.3. The van der Waals surface area contributed by atoms with Crippen LogP contribution in [0, 0.1) is 5.92 Å². The fraction of sp³-hybridized carbons (Fsp3) is 0.857. The number of carbonyl (C=O) groups is 2. The third-order valence-electron chi connectivity index (χ3n) is 3.69. The van der Waals surface area contributed by atoms with Gasteiger partial charge in [0, 0.05) is 26.7 Å². The third kappa shape index (κ3) is 4.37. The number of amides is 2. The first-order valence-corrected chi connectivity index (χ1v) is 7.14. The van der Waals surface area contributed by atoms with Gasteiger partial charge in [0.15, 0.2) is 0 Å². The van der Waals surface area contributed by atoms with Crippen molar-refractivity contribution in [1.29, 1.82) is 0 Å². The summed E-state index contributed by atoms with van der Waals surface area (Å²) in [6, 6.07) is -0.282. The number of hydrogen-bond donors (Lipinski definition) is 1. The first-order valence-electron chi connectivity index (χ1n) is 7.14. The monoisotopic (exact) mass is 286 g/mol. The van der Waals surface area contributed by atoms with Crippen molar-refractivity contribution in [2.45, 2.75) is 39.2 Å². The summed E-state index contributed by atoms with van der Waals surface area (Å²) in [5.74, 6) is -0.305. The number of carboxylic acids is 1. The largest absolute Gasteiger partial charge is 0.480 e. The van der Waals surface area contributed by atoms with Crippen LogP contribution in [-0.4, -0.2) is 65.8 Å². The fourth-order valence-electron chi connectivity index (χ4n) is 1.92. The summed E-state index contributed by atoms with van der Waals surface area (Å²) in [5.41, 5.74) is -1.21. The second kappa shape index (κ2) is 6.92. The zero-order valence-electron chi connectivity index (χ0n) is 12.9. The van der Waals surface area contributed by atoms with E-state index in [-0.39, 0.29) is 6.03 Å². The van der Waals surface area contributed by atoms with Gasteiger partial charge in [-0.15, -0.1) is 0 Å². The molecule has 20 heavy (non-hydrogen) atoms. The van der Waals surface area contributed by atoms with Gasteiger partial charge in [-0.1, -0.05) is 0 Å². The summed E-state index contributed by atoms with van der Waals surface area (Å²) in [6.07, 6.45) is 2.48. The molecular formula is C14H26N2O4. The van der Waals surface area contributed by atoms with E-state index in [4.69, 9.17) is 4.74 Å². The first kappa shape index (κ1) is 16.8. The molecule has 6 heteroatoms. The molecule has 1 rings (SSSR count). The molecule has 6 nitrogen and oxygen atoms in total. The van der Waals surface area contributed by atoms with Gasteiger partial charge in [-0.2, -0.15) is 0 Å². The lowest BCUT2D eigenvalue weighted by Gasteiger charge is -2.36. The van der Waals surface area contributed by atoms with E-state index in [1.807, 2.05) is 0 Å². The number of rotatable bonds is 8. The predicted octanol–water partition coefficient (Wildman–Crippen LogP) is 1.65. The van der Waals surface area contributed by atoms with Crippen LogP contribution in [0.2, 0.25) is 0 Å². The van der Waals surface area contributed by atoms with Gasteiger partial charge in [-0.3, -0.25) is 0 Å². The lowest BCUT2D eigenvalue weighted by Crippen LogP contribution is -2.56. The predicted molar refractivity (Wildman–Crippen MR) is 75.7 cm³/mol. The number of carbonyl (C=O) groups excluding carboxylic acids is 1. The van der Waals surface area contributed by atoms with Crippen molar-refractivity contribution in [3.8, 4) is 0 Å². The molecule has 1 aliphatic carbocycles. The molecule has 1 fully saturated rings. The summed E-state index contributed by atoms with van der Waals surface area (Å²) >= 11 is 0. The Bertz CT molecular complexity index is 353. The molecule has 0 heterocycles. The van der Waals surface area contributed by atoms with Crippen LogP contribution in [-0.2, 0) is 9.53 Å². The highest BCUT2D eigenvalue weighted by Gasteiger charge is 2.38. The Kier molecular flexibility index (Phi) is 5.80. The minimum atomic E-state index is -1.21. The van der Waals surface area contributed by atoms with Crippen LogP contribution in [0.25, 0.3) is 0 Å². The molecule has 0 spiro atoms. The summed E-state index contributed by atoms with van der Waals surface area (Å²) in [5, 5.41) is 9.22. The van der Waals surface area contributed by atoms with E-state index >= 15 is 0 Å². The zero-order valence-corrected chi connectivity index (χ0v) is 12.9. The Morgan fingerprint density at radius 1 is 1.35 bits per heavy atom. The number of hydrogen-bond acceptors (Lipinski definition) is 3. The van der Waals surface area contributed by atoms with Crippen molar-refractivity contribution in [2.24, 2.45) is 5.92 Å². The number of likely N-dealkylation sites (N-methyl/N-ethyl adjacent to an activating group) is 2. The average molecular weight is 286 g/mol. The number of ether oxygens (including phenoxy) is 1. The maximum absolute atomic E-state index is 12.3. The van der Waals surface area contributed by atoms with E-state index in [0.29, 0.717) is 25.6 Å². The molecule has 0 unspecified atom stereocenters. The highest BCUT2D eigenvalue weighted by atomic mass is 16.5. The molecule has 0 aromatic rings. The van der Waals surface area contributed by atoms with Crippen molar-refractivity contribution in [3.05, 3.63) is 0 Å². The van der Waals surface area contributed by atoms with Crippen LogP contribution in [0.5, 0.6) is 0 Å². The molecule has 0 radical (unpaired) electrons. The van der Waals surface area contributed by atoms with Gasteiger partial charge in [-0.05, 0) is 39.5 Å². The van der Waals surface area contributed by atoms with Crippen LogP contribution in [0.1, 0.15) is 33.6 Å². The minimum absolute atomic E-state index is 0.282. The maximum atomic E-state index is 12.3. The van der Waals surface area contributed by atoms with Gasteiger partial charge >= 0.3 is 12.0 Å². The van der Waals surface area contributed by atoms with Crippen molar-refractivity contribution >= 4 is 12.0 Å². The molecule has 0 saturated heterocycles. The molecule has 0 aromatic carbocycles. The van der Waals surface area contributed by atoms with E-state index in [1.165, 1.54) is 36.5 Å². The molecule has 2 amide bonds. The van der Waals surface area contributed by atoms with Crippen LogP contribution in [0.4, 0.5) is 4.79 Å². The van der Waals surface area contributed by atoms with Crippen LogP contribution in [0.15, 0.2) is 0 Å². The van der Waals surface area contributed by atoms with Crippen molar-refractivity contribution in [2.75, 3.05) is 33.4 Å². The molecule has 0 atom stereocenters. The fourth-order valence-corrected chi connectivity index (χ4v) is 1.92. The Hall–Kier alpha value is -1.30. The molecule has 1 saturated carbocycles. The van der Waals surface area contributed by atoms with Gasteiger partial charge in [0.05, 0.1) is 6.61 Å². The number of urea groups is 1. The third-order valence-corrected chi connectivity index (χ3v) is 3.69. The van der Waals surface area contributed by atoms with Crippen LogP contribution < -0.4 is 0 Å². The highest BCUT2D eigenvalue weighted by Crippen LogP contribution is 2.28. The Morgan fingerprint density at radius 3 is 2.40 bits per heavy atom. The van der Waals surface area contributed by atoms with E-state index < -0.39 is 11.5 Å². The maximum Gasteiger partial charge on any atom is 0.329 e. The summed E-state index contributed by atoms with van der Waals surface area (Å²) in [4.78, 5) is 26.4. The second-order valence-corrected chi connectivity index (χ2v) is 5.83. The lowest BCUT2D eigenvalue weighted by molar-refractivity contribution is -0.147. The van der Waals surface area contributed by atoms with E-state index in [1.54, 1.807) is 14.0 Å². The van der Waals surface area contributed by atoms with Crippen LogP contribution in [0.3, 0.4) is 0 Å². The Balaban J connectivity index is 2.44. The van der Waals surface area contributed by atoms with Gasteiger partial charge in [0.25, 0.3) is 0 Å². The van der Waals surface area contributed by atoms with E-state index in [2.05, 4.69) is 0 Å². The van der Waals surface area contributed by atoms with Gasteiger partial charge < -0.3 is 19.6 Å². The van der Waals surface area contributed by atoms with Gasteiger partial charge in [-0.25, -0.2) is 9.59 Å². The average Bonchev–Trinajstić information content (AvgIpc) is 3.18. The second-order valence-electron chi connectivity index (χ2n) is 5.83. The summed E-state index contributed by atoms with van der Waals surface area (Å²) in [7, 11) is 1.67. The quantitative estimate of drug-likeness (QED) is 0.689. The molecular weight excluding hydrogens is 260 g/mol. The summed E-state index contributed by atoms with van der Waals surface area (Å²) < 4.78 is 5.50. The van der Waals surface area contributed by atoms with Gasteiger partial charge in [0.1, 0.15) is 5.54 Å². The number of nitrogens with zero attached hydrogens (tertiary/aromatic N) is 2. The molecule has 0 aromatic heterocycles. The molecule has 0 aliphatic heterocycles. The van der Waals surface area contributed by atoms with E-state index in [0.717, 1.165) is 6.61 Å². The van der Waals surface area contributed by atoms with Crippen molar-refractivity contribution in [3.63, 3.8) is 0 Å². The SMILES string of the molecule is CCN(C(=O)N(C)CCOCC1CC1)C(C)(C)C(=O)O. The van der Waals surface area contributed by atoms with Crippen molar-refractivity contribution < 1.29 is 19.4 Å². The topological polar surface area (TPSA) is 70.1 Å².